The van der Waals surface area contributed by atoms with Crippen molar-refractivity contribution in [3.05, 3.63) is 117 Å². The van der Waals surface area contributed by atoms with Gasteiger partial charge in [0.2, 0.25) is 6.54 Å². The molecule has 0 N–H and O–H groups in total. The third-order valence-corrected chi connectivity index (χ3v) is 5.06. The van der Waals surface area contributed by atoms with Crippen molar-refractivity contribution in [3.63, 3.8) is 0 Å². The third kappa shape index (κ3) is 2.69. The van der Waals surface area contributed by atoms with Crippen molar-refractivity contribution < 1.29 is 9.72 Å². The minimum Gasteiger partial charge on any atom is -0.289 e. The zero-order valence-electron chi connectivity index (χ0n) is 14.0. The van der Waals surface area contributed by atoms with Gasteiger partial charge < -0.3 is 0 Å². The van der Waals surface area contributed by atoms with E-state index in [1.807, 2.05) is 78.9 Å². The summed E-state index contributed by atoms with van der Waals surface area (Å²) >= 11 is 0. The molecule has 0 aliphatic heterocycles. The average molecular weight is 343 g/mol. The molecule has 26 heavy (non-hydrogen) atoms. The van der Waals surface area contributed by atoms with Crippen molar-refractivity contribution in [1.82, 2.24) is 0 Å². The highest BCUT2D eigenvalue weighted by atomic mass is 16.6. The first-order chi connectivity index (χ1) is 12.7. The molecule has 0 saturated carbocycles. The van der Waals surface area contributed by atoms with Crippen LogP contribution in [0.5, 0.6) is 0 Å². The summed E-state index contributed by atoms with van der Waals surface area (Å²) in [6, 6.07) is 24.5. The predicted molar refractivity (Wildman–Crippen MR) is 99.2 cm³/mol. The van der Waals surface area contributed by atoms with E-state index in [4.69, 9.17) is 0 Å². The molecule has 0 aromatic heterocycles. The Morgan fingerprint density at radius 1 is 0.808 bits per heavy atom. The van der Waals surface area contributed by atoms with Gasteiger partial charge >= 0.3 is 0 Å². The smallest absolute Gasteiger partial charge is 0.211 e. The van der Waals surface area contributed by atoms with Crippen LogP contribution in [-0.4, -0.2) is 17.3 Å². The Kier molecular flexibility index (Phi) is 4.09. The van der Waals surface area contributed by atoms with Gasteiger partial charge in [-0.3, -0.25) is 14.9 Å². The van der Waals surface area contributed by atoms with Gasteiger partial charge in [-0.25, -0.2) is 0 Å². The number of fused-ring (bicyclic) bond motifs is 2. The second kappa shape index (κ2) is 6.56. The first-order valence-electron chi connectivity index (χ1n) is 8.56. The van der Waals surface area contributed by atoms with Gasteiger partial charge in [0.25, 0.3) is 0 Å². The molecule has 1 aliphatic carbocycles. The zero-order chi connectivity index (χ0) is 18.1. The Morgan fingerprint density at radius 2 is 1.31 bits per heavy atom. The normalized spacial score (nSPS) is 14.4. The summed E-state index contributed by atoms with van der Waals surface area (Å²) in [5, 5.41) is 11.5. The van der Waals surface area contributed by atoms with Crippen LogP contribution in [0.15, 0.2) is 78.9 Å². The van der Waals surface area contributed by atoms with Crippen molar-refractivity contribution in [1.29, 1.82) is 0 Å². The average Bonchev–Trinajstić information content (AvgIpc) is 2.68. The largest absolute Gasteiger partial charge is 0.289 e. The van der Waals surface area contributed by atoms with E-state index in [0.29, 0.717) is 11.1 Å². The molecule has 0 heterocycles. The summed E-state index contributed by atoms with van der Waals surface area (Å²) in [5.41, 5.74) is 3.92. The highest BCUT2D eigenvalue weighted by Crippen LogP contribution is 2.45. The maximum Gasteiger partial charge on any atom is 0.211 e. The first-order valence-corrected chi connectivity index (χ1v) is 8.56. The van der Waals surface area contributed by atoms with Gasteiger partial charge in [-0.05, 0) is 16.7 Å². The van der Waals surface area contributed by atoms with Crippen molar-refractivity contribution in [3.8, 4) is 0 Å². The second-order valence-electron chi connectivity index (χ2n) is 6.51. The lowest BCUT2D eigenvalue weighted by Gasteiger charge is -2.32. The Labute approximate surface area is 151 Å². The standard InChI is InChI=1S/C22H17NO3/c24-22-18-12-6-4-10-16(18)21(17-11-5-7-13-19(17)22)20(14-23(25)26)15-8-2-1-3-9-15/h1-13,20-21H,14H2. The number of nitro groups is 1. The van der Waals surface area contributed by atoms with Gasteiger partial charge in [0, 0.05) is 22.0 Å². The summed E-state index contributed by atoms with van der Waals surface area (Å²) < 4.78 is 0. The van der Waals surface area contributed by atoms with E-state index in [9.17, 15) is 14.9 Å². The second-order valence-corrected chi connectivity index (χ2v) is 6.51. The van der Waals surface area contributed by atoms with Gasteiger partial charge in [0.15, 0.2) is 5.78 Å². The van der Waals surface area contributed by atoms with E-state index in [-0.39, 0.29) is 29.1 Å². The van der Waals surface area contributed by atoms with Gasteiger partial charge in [0.1, 0.15) is 0 Å². The highest BCUT2D eigenvalue weighted by molar-refractivity contribution is 6.12. The molecular weight excluding hydrogens is 326 g/mol. The van der Waals surface area contributed by atoms with Crippen molar-refractivity contribution in [2.45, 2.75) is 11.8 Å². The SMILES string of the molecule is O=C1c2ccccc2C(C(C[N+](=O)[O-])c2ccccc2)c2ccccc21. The van der Waals surface area contributed by atoms with Crippen LogP contribution in [0.3, 0.4) is 0 Å². The number of carbonyl (C=O) groups is 1. The molecule has 4 heteroatoms. The van der Waals surface area contributed by atoms with Crippen LogP contribution in [0, 0.1) is 10.1 Å². The molecule has 0 saturated heterocycles. The molecular formula is C22H17NO3. The number of hydrogen-bond donors (Lipinski definition) is 0. The van der Waals surface area contributed by atoms with E-state index in [1.54, 1.807) is 0 Å². The van der Waals surface area contributed by atoms with Crippen LogP contribution in [-0.2, 0) is 0 Å². The number of nitrogens with zero attached hydrogens (tertiary/aromatic N) is 1. The van der Waals surface area contributed by atoms with Crippen molar-refractivity contribution >= 4 is 5.78 Å². The third-order valence-electron chi connectivity index (χ3n) is 5.06. The topological polar surface area (TPSA) is 60.2 Å². The van der Waals surface area contributed by atoms with E-state index in [2.05, 4.69) is 0 Å². The maximum atomic E-state index is 12.9. The Balaban J connectivity index is 1.95. The number of hydrogen-bond acceptors (Lipinski definition) is 3. The number of rotatable bonds is 4. The van der Waals surface area contributed by atoms with Gasteiger partial charge in [-0.15, -0.1) is 0 Å². The van der Waals surface area contributed by atoms with Crippen LogP contribution in [0.2, 0.25) is 0 Å². The van der Waals surface area contributed by atoms with Crippen LogP contribution < -0.4 is 0 Å². The molecule has 3 aromatic rings. The van der Waals surface area contributed by atoms with Gasteiger partial charge in [-0.2, -0.15) is 0 Å². The number of ketones is 1. The fourth-order valence-corrected chi connectivity index (χ4v) is 3.96. The quantitative estimate of drug-likeness (QED) is 0.520. The molecule has 4 rings (SSSR count). The summed E-state index contributed by atoms with van der Waals surface area (Å²) in [7, 11) is 0. The summed E-state index contributed by atoms with van der Waals surface area (Å²) in [6.07, 6.45) is 0. The monoisotopic (exact) mass is 343 g/mol. The molecule has 1 atom stereocenters. The number of benzene rings is 3. The van der Waals surface area contributed by atoms with Crippen molar-refractivity contribution in [2.75, 3.05) is 6.54 Å². The van der Waals surface area contributed by atoms with Crippen LogP contribution in [0.4, 0.5) is 0 Å². The van der Waals surface area contributed by atoms with E-state index < -0.39 is 0 Å². The molecule has 128 valence electrons. The zero-order valence-corrected chi connectivity index (χ0v) is 14.0. The van der Waals surface area contributed by atoms with Gasteiger partial charge in [0.05, 0.1) is 5.92 Å². The number of carbonyl (C=O) groups excluding carboxylic acids is 1. The van der Waals surface area contributed by atoms with Gasteiger partial charge in [-0.1, -0.05) is 78.9 Å². The molecule has 1 aliphatic rings. The predicted octanol–water partition coefficient (Wildman–Crippen LogP) is 4.42. The minimum atomic E-state index is -0.346. The molecule has 0 fully saturated rings. The molecule has 0 bridgehead atoms. The highest BCUT2D eigenvalue weighted by Gasteiger charge is 2.38. The molecule has 0 amide bonds. The summed E-state index contributed by atoms with van der Waals surface area (Å²) in [4.78, 5) is 24.1. The minimum absolute atomic E-state index is 0.0136. The fourth-order valence-electron chi connectivity index (χ4n) is 3.96. The molecule has 0 radical (unpaired) electrons. The Hall–Kier alpha value is -3.27. The van der Waals surface area contributed by atoms with E-state index in [1.165, 1.54) is 0 Å². The van der Waals surface area contributed by atoms with Crippen LogP contribution >= 0.6 is 0 Å². The Morgan fingerprint density at radius 3 is 1.85 bits per heavy atom. The van der Waals surface area contributed by atoms with Crippen LogP contribution in [0.1, 0.15) is 44.4 Å². The lowest BCUT2D eigenvalue weighted by molar-refractivity contribution is -0.483. The first kappa shape index (κ1) is 16.2. The Bertz CT molecular complexity index is 932. The lowest BCUT2D eigenvalue weighted by atomic mass is 9.70. The van der Waals surface area contributed by atoms with E-state index in [0.717, 1.165) is 16.7 Å². The molecule has 3 aromatic carbocycles. The summed E-state index contributed by atoms with van der Waals surface area (Å²) in [6.45, 7) is -0.189. The van der Waals surface area contributed by atoms with Crippen LogP contribution in [0.25, 0.3) is 0 Å². The molecule has 4 nitrogen and oxygen atoms in total. The molecule has 1 unspecified atom stereocenters. The maximum absolute atomic E-state index is 12.9. The summed E-state index contributed by atoms with van der Waals surface area (Å²) in [5.74, 6) is -0.588. The van der Waals surface area contributed by atoms with Crippen molar-refractivity contribution in [2.24, 2.45) is 0 Å². The fraction of sp³-hybridized carbons (Fsp3) is 0.136. The lowest BCUT2D eigenvalue weighted by Crippen LogP contribution is -2.27. The van der Waals surface area contributed by atoms with E-state index >= 15 is 0 Å². The molecule has 0 spiro atoms.